The molecule has 6 nitrogen and oxygen atoms in total. The van der Waals surface area contributed by atoms with E-state index in [0.29, 0.717) is 5.69 Å². The number of carboxylic acids is 1. The van der Waals surface area contributed by atoms with E-state index >= 15 is 0 Å². The van der Waals surface area contributed by atoms with Crippen molar-refractivity contribution < 1.29 is 14.7 Å². The highest BCUT2D eigenvalue weighted by atomic mass is 16.4. The van der Waals surface area contributed by atoms with E-state index in [0.717, 1.165) is 0 Å². The van der Waals surface area contributed by atoms with E-state index in [4.69, 9.17) is 10.4 Å². The number of amides is 2. The first kappa shape index (κ1) is 15.5. The number of anilines is 1. The first-order chi connectivity index (χ1) is 9.56. The number of nitrogens with zero attached hydrogens (tertiary/aromatic N) is 2. The van der Waals surface area contributed by atoms with Crippen LogP contribution in [-0.4, -0.2) is 30.2 Å². The minimum Gasteiger partial charge on any atom is -0.481 e. The Kier molecular flexibility index (Phi) is 6.04. The van der Waals surface area contributed by atoms with Gasteiger partial charge in [0.2, 0.25) is 0 Å². The topological polar surface area (TPSA) is 93.4 Å². The number of para-hydroxylation sites is 1. The molecule has 2 N–H and O–H groups in total. The molecule has 0 bridgehead atoms. The van der Waals surface area contributed by atoms with Crippen molar-refractivity contribution in [3.63, 3.8) is 0 Å². The van der Waals surface area contributed by atoms with Crippen molar-refractivity contribution in [2.24, 2.45) is 5.92 Å². The normalized spacial score (nSPS) is 11.2. The molecule has 0 heterocycles. The average molecular weight is 275 g/mol. The number of rotatable bonds is 6. The Morgan fingerprint density at radius 3 is 2.60 bits per heavy atom. The molecule has 20 heavy (non-hydrogen) atoms. The van der Waals surface area contributed by atoms with Crippen molar-refractivity contribution in [2.75, 3.05) is 18.0 Å². The Morgan fingerprint density at radius 1 is 1.40 bits per heavy atom. The van der Waals surface area contributed by atoms with Crippen molar-refractivity contribution in [1.82, 2.24) is 5.32 Å². The summed E-state index contributed by atoms with van der Waals surface area (Å²) in [7, 11) is 0. The van der Waals surface area contributed by atoms with E-state index in [1.165, 1.54) is 11.8 Å². The molecule has 0 aromatic heterocycles. The fourth-order valence-corrected chi connectivity index (χ4v) is 1.54. The summed E-state index contributed by atoms with van der Waals surface area (Å²) in [6.07, 6.45) is 0.205. The van der Waals surface area contributed by atoms with Gasteiger partial charge in [0.05, 0.1) is 18.4 Å². The fraction of sp³-hybridized carbons (Fsp3) is 0.357. The summed E-state index contributed by atoms with van der Waals surface area (Å²) in [5.41, 5.74) is 0.670. The minimum absolute atomic E-state index is 0.0457. The maximum atomic E-state index is 12.1. The molecule has 0 saturated carbocycles. The summed E-state index contributed by atoms with van der Waals surface area (Å²) >= 11 is 0. The van der Waals surface area contributed by atoms with Crippen LogP contribution < -0.4 is 10.2 Å². The lowest BCUT2D eigenvalue weighted by atomic mass is 10.2. The number of aliphatic carboxylic acids is 1. The van der Waals surface area contributed by atoms with Crippen LogP contribution in [0.1, 0.15) is 13.3 Å². The van der Waals surface area contributed by atoms with Gasteiger partial charge in [0.15, 0.2) is 0 Å². The summed E-state index contributed by atoms with van der Waals surface area (Å²) in [5.74, 6) is -1.62. The molecular formula is C14H17N3O3. The smallest absolute Gasteiger partial charge is 0.321 e. The van der Waals surface area contributed by atoms with E-state index in [1.807, 2.05) is 12.1 Å². The van der Waals surface area contributed by atoms with E-state index < -0.39 is 17.9 Å². The summed E-state index contributed by atoms with van der Waals surface area (Å²) in [6.45, 7) is 1.82. The molecule has 6 heteroatoms. The molecule has 2 amide bonds. The lowest BCUT2D eigenvalue weighted by molar-refractivity contribution is -0.140. The largest absolute Gasteiger partial charge is 0.481 e. The Morgan fingerprint density at radius 2 is 2.05 bits per heavy atom. The van der Waals surface area contributed by atoms with E-state index in [9.17, 15) is 9.59 Å². The third-order valence-electron chi connectivity index (χ3n) is 2.74. The van der Waals surface area contributed by atoms with Crippen LogP contribution in [0, 0.1) is 17.2 Å². The van der Waals surface area contributed by atoms with E-state index in [1.54, 1.807) is 24.3 Å². The summed E-state index contributed by atoms with van der Waals surface area (Å²) in [5, 5.41) is 20.0. The van der Waals surface area contributed by atoms with Crippen LogP contribution in [-0.2, 0) is 4.79 Å². The fourth-order valence-electron chi connectivity index (χ4n) is 1.54. The minimum atomic E-state index is -0.964. The standard InChI is InChI=1S/C14H17N3O3/c1-11(13(18)19)10-16-14(20)17(9-5-8-15)12-6-3-2-4-7-12/h2-4,6-7,11H,5,9-10H2,1H3,(H,16,20)(H,18,19). The van der Waals surface area contributed by atoms with Crippen LogP contribution in [0.5, 0.6) is 0 Å². The van der Waals surface area contributed by atoms with Gasteiger partial charge in [0, 0.05) is 18.8 Å². The van der Waals surface area contributed by atoms with Crippen LogP contribution >= 0.6 is 0 Å². The molecule has 0 spiro atoms. The molecule has 1 unspecified atom stereocenters. The zero-order chi connectivity index (χ0) is 15.0. The third-order valence-corrected chi connectivity index (χ3v) is 2.74. The Labute approximate surface area is 117 Å². The molecule has 1 rings (SSSR count). The monoisotopic (exact) mass is 275 g/mol. The summed E-state index contributed by atoms with van der Waals surface area (Å²) < 4.78 is 0. The molecule has 1 aromatic carbocycles. The Hall–Kier alpha value is -2.55. The predicted molar refractivity (Wildman–Crippen MR) is 74.2 cm³/mol. The maximum Gasteiger partial charge on any atom is 0.321 e. The highest BCUT2D eigenvalue weighted by Gasteiger charge is 2.17. The van der Waals surface area contributed by atoms with Crippen LogP contribution in [0.2, 0.25) is 0 Å². The van der Waals surface area contributed by atoms with Crippen molar-refractivity contribution in [3.8, 4) is 6.07 Å². The van der Waals surface area contributed by atoms with Crippen LogP contribution in [0.15, 0.2) is 30.3 Å². The molecule has 0 radical (unpaired) electrons. The molecule has 1 aromatic rings. The molecule has 0 aliphatic rings. The van der Waals surface area contributed by atoms with Gasteiger partial charge in [-0.2, -0.15) is 5.26 Å². The predicted octanol–water partition coefficient (Wildman–Crippen LogP) is 1.84. The zero-order valence-electron chi connectivity index (χ0n) is 11.2. The first-order valence-corrected chi connectivity index (χ1v) is 6.26. The number of carbonyl (C=O) groups is 2. The number of urea groups is 1. The van der Waals surface area contributed by atoms with E-state index in [-0.39, 0.29) is 19.5 Å². The number of hydrogen-bond acceptors (Lipinski definition) is 3. The molecular weight excluding hydrogens is 258 g/mol. The van der Waals surface area contributed by atoms with Crippen LogP contribution in [0.25, 0.3) is 0 Å². The van der Waals surface area contributed by atoms with Gasteiger partial charge >= 0.3 is 12.0 Å². The van der Waals surface area contributed by atoms with Gasteiger partial charge in [-0.1, -0.05) is 25.1 Å². The second kappa shape index (κ2) is 7.79. The molecule has 0 saturated heterocycles. The van der Waals surface area contributed by atoms with Gasteiger partial charge in [0.25, 0.3) is 0 Å². The summed E-state index contributed by atoms with van der Waals surface area (Å²) in [4.78, 5) is 24.2. The molecule has 106 valence electrons. The maximum absolute atomic E-state index is 12.1. The van der Waals surface area contributed by atoms with E-state index in [2.05, 4.69) is 5.32 Å². The van der Waals surface area contributed by atoms with Gasteiger partial charge in [0.1, 0.15) is 0 Å². The zero-order valence-corrected chi connectivity index (χ0v) is 11.2. The second-order valence-electron chi connectivity index (χ2n) is 4.32. The van der Waals surface area contributed by atoms with Crippen LogP contribution in [0.3, 0.4) is 0 Å². The SMILES string of the molecule is CC(CNC(=O)N(CCC#N)c1ccccc1)C(=O)O. The van der Waals surface area contributed by atoms with Gasteiger partial charge in [-0.05, 0) is 12.1 Å². The van der Waals surface area contributed by atoms with Crippen LogP contribution in [0.4, 0.5) is 10.5 Å². The highest BCUT2D eigenvalue weighted by Crippen LogP contribution is 2.13. The van der Waals surface area contributed by atoms with Crippen molar-refractivity contribution >= 4 is 17.7 Å². The number of hydrogen-bond donors (Lipinski definition) is 2. The molecule has 0 fully saturated rings. The number of nitriles is 1. The highest BCUT2D eigenvalue weighted by molar-refractivity contribution is 5.92. The molecule has 0 aliphatic heterocycles. The number of carboxylic acid groups (broad SMARTS) is 1. The average Bonchev–Trinajstić information content (AvgIpc) is 2.46. The molecule has 1 atom stereocenters. The van der Waals surface area contributed by atoms with Gasteiger partial charge in [-0.25, -0.2) is 4.79 Å². The lowest BCUT2D eigenvalue weighted by Gasteiger charge is -2.22. The quantitative estimate of drug-likeness (QED) is 0.828. The van der Waals surface area contributed by atoms with Gasteiger partial charge in [-0.15, -0.1) is 0 Å². The first-order valence-electron chi connectivity index (χ1n) is 6.26. The number of nitrogens with one attached hydrogen (secondary N) is 1. The number of carbonyl (C=O) groups excluding carboxylic acids is 1. The van der Waals surface area contributed by atoms with Gasteiger partial charge < -0.3 is 10.4 Å². The Balaban J connectivity index is 2.71. The Bertz CT molecular complexity index is 496. The second-order valence-corrected chi connectivity index (χ2v) is 4.32. The number of benzene rings is 1. The lowest BCUT2D eigenvalue weighted by Crippen LogP contribution is -2.43. The molecule has 0 aliphatic carbocycles. The van der Waals surface area contributed by atoms with Gasteiger partial charge in [-0.3, -0.25) is 9.69 Å². The van der Waals surface area contributed by atoms with Crippen molar-refractivity contribution in [3.05, 3.63) is 30.3 Å². The third kappa shape index (κ3) is 4.61. The van der Waals surface area contributed by atoms with Crippen molar-refractivity contribution in [2.45, 2.75) is 13.3 Å². The summed E-state index contributed by atoms with van der Waals surface area (Å²) in [6, 6.07) is 10.5. The van der Waals surface area contributed by atoms with Crippen molar-refractivity contribution in [1.29, 1.82) is 5.26 Å².